The van der Waals surface area contributed by atoms with Gasteiger partial charge in [-0.25, -0.2) is 4.79 Å². The first-order valence-corrected chi connectivity index (χ1v) is 6.29. The molecule has 116 valence electrons. The molecule has 0 heterocycles. The minimum atomic E-state index is -0.676. The molecule has 0 radical (unpaired) electrons. The zero-order valence-corrected chi connectivity index (χ0v) is 12.4. The van der Waals surface area contributed by atoms with Crippen molar-refractivity contribution in [2.45, 2.75) is 39.7 Å². The average molecular weight is 289 g/mol. The van der Waals surface area contributed by atoms with Gasteiger partial charge in [-0.2, -0.15) is 0 Å². The van der Waals surface area contributed by atoms with Crippen molar-refractivity contribution in [3.63, 3.8) is 0 Å². The van der Waals surface area contributed by atoms with Crippen LogP contribution in [0.2, 0.25) is 0 Å². The van der Waals surface area contributed by atoms with Gasteiger partial charge in [0, 0.05) is 6.54 Å². The van der Waals surface area contributed by atoms with Crippen LogP contribution in [0.25, 0.3) is 0 Å². The van der Waals surface area contributed by atoms with Crippen molar-refractivity contribution in [1.29, 1.82) is 0 Å². The fourth-order valence-electron chi connectivity index (χ4n) is 1.25. The first-order chi connectivity index (χ1) is 9.19. The Hall–Kier alpha value is -1.99. The second-order valence-corrected chi connectivity index (χ2v) is 5.05. The number of esters is 1. The molecule has 0 unspecified atom stereocenters. The first-order valence-electron chi connectivity index (χ1n) is 6.29. The third-order valence-corrected chi connectivity index (χ3v) is 2.02. The SMILES string of the molecule is CCOC(=O)CCN(C/C(N)=N/O)C(=O)OC(C)(C)C. The molecular formula is C12H23N3O5. The van der Waals surface area contributed by atoms with Gasteiger partial charge in [-0.15, -0.1) is 0 Å². The molecule has 0 aromatic heterocycles. The number of amides is 1. The van der Waals surface area contributed by atoms with Crippen LogP contribution in [-0.2, 0) is 14.3 Å². The van der Waals surface area contributed by atoms with E-state index in [1.807, 2.05) is 0 Å². The van der Waals surface area contributed by atoms with Crippen molar-refractivity contribution in [2.24, 2.45) is 10.9 Å². The maximum Gasteiger partial charge on any atom is 0.410 e. The number of hydrogen-bond acceptors (Lipinski definition) is 6. The molecule has 8 heteroatoms. The molecule has 0 aromatic carbocycles. The van der Waals surface area contributed by atoms with Gasteiger partial charge in [0.25, 0.3) is 0 Å². The lowest BCUT2D eigenvalue weighted by atomic mass is 10.2. The van der Waals surface area contributed by atoms with Gasteiger partial charge >= 0.3 is 12.1 Å². The van der Waals surface area contributed by atoms with E-state index in [1.54, 1.807) is 27.7 Å². The van der Waals surface area contributed by atoms with Crippen LogP contribution in [0.5, 0.6) is 0 Å². The van der Waals surface area contributed by atoms with Crippen LogP contribution in [0.1, 0.15) is 34.1 Å². The average Bonchev–Trinajstić information content (AvgIpc) is 2.32. The minimum absolute atomic E-state index is 0.00575. The van der Waals surface area contributed by atoms with Crippen LogP contribution in [0.3, 0.4) is 0 Å². The molecular weight excluding hydrogens is 266 g/mol. The minimum Gasteiger partial charge on any atom is -0.466 e. The lowest BCUT2D eigenvalue weighted by molar-refractivity contribution is -0.143. The maximum atomic E-state index is 11.9. The lowest BCUT2D eigenvalue weighted by Crippen LogP contribution is -2.42. The van der Waals surface area contributed by atoms with Crippen molar-refractivity contribution < 1.29 is 24.3 Å². The van der Waals surface area contributed by atoms with Crippen LogP contribution in [0.4, 0.5) is 4.79 Å². The lowest BCUT2D eigenvalue weighted by Gasteiger charge is -2.26. The summed E-state index contributed by atoms with van der Waals surface area (Å²) in [6, 6.07) is 0. The van der Waals surface area contributed by atoms with E-state index in [9.17, 15) is 9.59 Å². The number of ether oxygens (including phenoxy) is 2. The normalized spacial score (nSPS) is 11.9. The van der Waals surface area contributed by atoms with E-state index in [0.717, 1.165) is 0 Å². The number of hydrogen-bond donors (Lipinski definition) is 2. The molecule has 0 rings (SSSR count). The zero-order chi connectivity index (χ0) is 15.8. The fraction of sp³-hybridized carbons (Fsp3) is 0.750. The Bertz CT molecular complexity index is 363. The van der Waals surface area contributed by atoms with Crippen LogP contribution < -0.4 is 5.73 Å². The quantitative estimate of drug-likeness (QED) is 0.247. The highest BCUT2D eigenvalue weighted by Crippen LogP contribution is 2.10. The summed E-state index contributed by atoms with van der Waals surface area (Å²) in [5, 5.41) is 11.4. The first kappa shape index (κ1) is 18.0. The summed E-state index contributed by atoms with van der Waals surface area (Å²) < 4.78 is 9.96. The Morgan fingerprint density at radius 3 is 2.40 bits per heavy atom. The summed E-state index contributed by atoms with van der Waals surface area (Å²) >= 11 is 0. The second-order valence-electron chi connectivity index (χ2n) is 5.05. The van der Waals surface area contributed by atoms with Crippen molar-refractivity contribution in [3.8, 4) is 0 Å². The van der Waals surface area contributed by atoms with E-state index in [1.165, 1.54) is 4.90 Å². The molecule has 20 heavy (non-hydrogen) atoms. The van der Waals surface area contributed by atoms with Crippen LogP contribution in [-0.4, -0.2) is 53.3 Å². The third kappa shape index (κ3) is 8.17. The van der Waals surface area contributed by atoms with Crippen LogP contribution in [0.15, 0.2) is 5.16 Å². The number of nitrogens with zero attached hydrogens (tertiary/aromatic N) is 2. The molecule has 3 N–H and O–H groups in total. The fourth-order valence-corrected chi connectivity index (χ4v) is 1.25. The van der Waals surface area contributed by atoms with Crippen molar-refractivity contribution in [2.75, 3.05) is 19.7 Å². The molecule has 0 fully saturated rings. The number of amidine groups is 1. The van der Waals surface area contributed by atoms with E-state index in [-0.39, 0.29) is 32.0 Å². The van der Waals surface area contributed by atoms with E-state index in [0.29, 0.717) is 0 Å². The van der Waals surface area contributed by atoms with Gasteiger partial charge in [0.15, 0.2) is 5.84 Å². The molecule has 0 spiro atoms. The monoisotopic (exact) mass is 289 g/mol. The predicted octanol–water partition coefficient (Wildman–Crippen LogP) is 0.923. The topological polar surface area (TPSA) is 114 Å². The van der Waals surface area contributed by atoms with Gasteiger partial charge in [-0.3, -0.25) is 4.79 Å². The number of oxime groups is 1. The number of carbonyl (C=O) groups is 2. The molecule has 0 atom stereocenters. The molecule has 0 bridgehead atoms. The molecule has 0 saturated heterocycles. The maximum absolute atomic E-state index is 11.9. The summed E-state index contributed by atoms with van der Waals surface area (Å²) in [7, 11) is 0. The highest BCUT2D eigenvalue weighted by Gasteiger charge is 2.23. The van der Waals surface area contributed by atoms with Gasteiger partial charge in [-0.05, 0) is 27.7 Å². The molecule has 0 aliphatic rings. The van der Waals surface area contributed by atoms with Crippen molar-refractivity contribution >= 4 is 17.9 Å². The van der Waals surface area contributed by atoms with E-state index < -0.39 is 17.7 Å². The standard InChI is InChI=1S/C12H23N3O5/c1-5-19-10(16)6-7-15(8-9(13)14-18)11(17)20-12(2,3)4/h18H,5-8H2,1-4H3,(H2,13,14). The number of carbonyl (C=O) groups excluding carboxylic acids is 2. The zero-order valence-electron chi connectivity index (χ0n) is 12.4. The van der Waals surface area contributed by atoms with Gasteiger partial charge in [0.05, 0.1) is 19.6 Å². The van der Waals surface area contributed by atoms with Crippen LogP contribution in [0, 0.1) is 0 Å². The molecule has 0 aliphatic heterocycles. The highest BCUT2D eigenvalue weighted by atomic mass is 16.6. The van der Waals surface area contributed by atoms with Gasteiger partial charge in [-0.1, -0.05) is 5.16 Å². The smallest absolute Gasteiger partial charge is 0.410 e. The van der Waals surface area contributed by atoms with Gasteiger partial charge < -0.3 is 25.3 Å². The highest BCUT2D eigenvalue weighted by molar-refractivity contribution is 5.85. The number of nitrogens with two attached hydrogens (primary N) is 1. The Morgan fingerprint density at radius 2 is 1.95 bits per heavy atom. The third-order valence-electron chi connectivity index (χ3n) is 2.02. The predicted molar refractivity (Wildman–Crippen MR) is 72.5 cm³/mol. The Kier molecular flexibility index (Phi) is 7.42. The largest absolute Gasteiger partial charge is 0.466 e. The van der Waals surface area contributed by atoms with E-state index in [4.69, 9.17) is 20.4 Å². The molecule has 0 aliphatic carbocycles. The summed E-state index contributed by atoms with van der Waals surface area (Å²) in [5.74, 6) is -0.583. The summed E-state index contributed by atoms with van der Waals surface area (Å²) in [6.45, 7) is 7.05. The molecule has 1 amide bonds. The Labute approximate surface area is 118 Å². The summed E-state index contributed by atoms with van der Waals surface area (Å²) in [6.07, 6.45) is -0.639. The summed E-state index contributed by atoms with van der Waals surface area (Å²) in [4.78, 5) is 24.4. The Morgan fingerprint density at radius 1 is 1.35 bits per heavy atom. The van der Waals surface area contributed by atoms with Crippen molar-refractivity contribution in [1.82, 2.24) is 4.90 Å². The molecule has 0 saturated carbocycles. The molecule has 0 aromatic rings. The van der Waals surface area contributed by atoms with Crippen LogP contribution >= 0.6 is 0 Å². The van der Waals surface area contributed by atoms with Crippen molar-refractivity contribution in [3.05, 3.63) is 0 Å². The number of rotatable bonds is 6. The van der Waals surface area contributed by atoms with E-state index >= 15 is 0 Å². The van der Waals surface area contributed by atoms with Gasteiger partial charge in [0.2, 0.25) is 0 Å². The molecule has 8 nitrogen and oxygen atoms in total. The van der Waals surface area contributed by atoms with E-state index in [2.05, 4.69) is 5.16 Å². The van der Waals surface area contributed by atoms with Gasteiger partial charge in [0.1, 0.15) is 5.60 Å². The Balaban J connectivity index is 4.64. The summed E-state index contributed by atoms with van der Waals surface area (Å²) in [5.41, 5.74) is 4.70. The second kappa shape index (κ2) is 8.23.